The van der Waals surface area contributed by atoms with Crippen molar-refractivity contribution in [2.24, 2.45) is 0 Å². The predicted octanol–water partition coefficient (Wildman–Crippen LogP) is 3.05. The lowest BCUT2D eigenvalue weighted by molar-refractivity contribution is -0.139. The summed E-state index contributed by atoms with van der Waals surface area (Å²) in [6.07, 6.45) is 0. The number of hydrogen-bond donors (Lipinski definition) is 2. The maximum absolute atomic E-state index is 13.6. The average Bonchev–Trinajstić information content (AvgIpc) is 2.43. The van der Waals surface area contributed by atoms with Crippen LogP contribution in [-0.2, 0) is 11.3 Å². The van der Waals surface area contributed by atoms with Gasteiger partial charge in [-0.15, -0.1) is 0 Å². The number of benzene rings is 2. The Hall–Kier alpha value is -2.20. The molecule has 20 heavy (non-hydrogen) atoms. The first-order valence-corrected chi connectivity index (χ1v) is 6.34. The molecule has 0 saturated carbocycles. The normalized spacial score (nSPS) is 12.1. The quantitative estimate of drug-likeness (QED) is 0.880. The largest absolute Gasteiger partial charge is 0.480 e. The fourth-order valence-corrected chi connectivity index (χ4v) is 2.04. The minimum absolute atomic E-state index is 0.166. The zero-order valence-electron chi connectivity index (χ0n) is 11.1. The summed E-state index contributed by atoms with van der Waals surface area (Å²) in [5.41, 5.74) is 2.05. The van der Waals surface area contributed by atoms with Crippen molar-refractivity contribution in [1.82, 2.24) is 5.32 Å². The highest BCUT2D eigenvalue weighted by atomic mass is 19.1. The first-order chi connectivity index (χ1) is 9.58. The van der Waals surface area contributed by atoms with Gasteiger partial charge in [0.05, 0.1) is 0 Å². The maximum atomic E-state index is 13.6. The number of rotatable bonds is 5. The zero-order valence-corrected chi connectivity index (χ0v) is 11.1. The third-order valence-corrected chi connectivity index (χ3v) is 3.08. The Bertz CT molecular complexity index is 599. The van der Waals surface area contributed by atoms with Gasteiger partial charge in [-0.25, -0.2) is 4.39 Å². The number of aryl methyl sites for hydroxylation is 1. The summed E-state index contributed by atoms with van der Waals surface area (Å²) >= 11 is 0. The van der Waals surface area contributed by atoms with Gasteiger partial charge < -0.3 is 5.11 Å². The lowest BCUT2D eigenvalue weighted by Crippen LogP contribution is -2.28. The Morgan fingerprint density at radius 2 is 1.95 bits per heavy atom. The molecule has 2 N–H and O–H groups in total. The summed E-state index contributed by atoms with van der Waals surface area (Å²) in [4.78, 5) is 11.3. The summed E-state index contributed by atoms with van der Waals surface area (Å²) in [7, 11) is 0. The van der Waals surface area contributed by atoms with Crippen molar-refractivity contribution in [2.45, 2.75) is 19.5 Å². The second-order valence-electron chi connectivity index (χ2n) is 4.66. The van der Waals surface area contributed by atoms with E-state index in [0.29, 0.717) is 11.1 Å². The summed E-state index contributed by atoms with van der Waals surface area (Å²) in [5, 5.41) is 12.2. The average molecular weight is 273 g/mol. The van der Waals surface area contributed by atoms with E-state index in [0.717, 1.165) is 5.56 Å². The Morgan fingerprint density at radius 1 is 1.25 bits per heavy atom. The van der Waals surface area contributed by atoms with Crippen molar-refractivity contribution >= 4 is 5.97 Å². The van der Waals surface area contributed by atoms with E-state index >= 15 is 0 Å². The standard InChI is InChI=1S/C16H16FNO2/c1-11-7-8-14(17)13(9-11)10-18-15(16(19)20)12-5-3-2-4-6-12/h2-9,15,18H,10H2,1H3,(H,19,20). The molecule has 1 unspecified atom stereocenters. The molecule has 0 aliphatic rings. The Labute approximate surface area is 117 Å². The molecule has 0 saturated heterocycles. The number of halogens is 1. The smallest absolute Gasteiger partial charge is 0.325 e. The van der Waals surface area contributed by atoms with Gasteiger partial charge in [0.1, 0.15) is 11.9 Å². The zero-order chi connectivity index (χ0) is 14.5. The van der Waals surface area contributed by atoms with E-state index in [9.17, 15) is 14.3 Å². The van der Waals surface area contributed by atoms with Gasteiger partial charge in [-0.2, -0.15) is 0 Å². The van der Waals surface area contributed by atoms with Gasteiger partial charge in [-0.3, -0.25) is 10.1 Å². The molecule has 1 atom stereocenters. The van der Waals surface area contributed by atoms with Gasteiger partial charge in [0.2, 0.25) is 0 Å². The van der Waals surface area contributed by atoms with Crippen LogP contribution in [0.25, 0.3) is 0 Å². The summed E-state index contributed by atoms with van der Waals surface area (Å²) < 4.78 is 13.6. The van der Waals surface area contributed by atoms with Crippen LogP contribution >= 0.6 is 0 Å². The van der Waals surface area contributed by atoms with Gasteiger partial charge in [-0.05, 0) is 18.6 Å². The fraction of sp³-hybridized carbons (Fsp3) is 0.188. The Balaban J connectivity index is 2.14. The van der Waals surface area contributed by atoms with Crippen LogP contribution in [0.15, 0.2) is 48.5 Å². The van der Waals surface area contributed by atoms with E-state index in [1.54, 1.807) is 36.4 Å². The van der Waals surface area contributed by atoms with E-state index in [2.05, 4.69) is 5.32 Å². The topological polar surface area (TPSA) is 49.3 Å². The number of aliphatic carboxylic acids is 1. The van der Waals surface area contributed by atoms with Crippen molar-refractivity contribution in [1.29, 1.82) is 0 Å². The van der Waals surface area contributed by atoms with Gasteiger partial charge in [-0.1, -0.05) is 48.0 Å². The molecule has 0 bridgehead atoms. The molecule has 2 rings (SSSR count). The summed E-state index contributed by atoms with van der Waals surface area (Å²) in [5.74, 6) is -1.32. The monoisotopic (exact) mass is 273 g/mol. The van der Waals surface area contributed by atoms with Gasteiger partial charge >= 0.3 is 5.97 Å². The molecule has 3 nitrogen and oxygen atoms in total. The summed E-state index contributed by atoms with van der Waals surface area (Å²) in [6.45, 7) is 2.04. The number of nitrogens with one attached hydrogen (secondary N) is 1. The Kier molecular flexibility index (Phi) is 4.48. The lowest BCUT2D eigenvalue weighted by atomic mass is 10.1. The highest BCUT2D eigenvalue weighted by Gasteiger charge is 2.19. The molecule has 0 radical (unpaired) electrons. The van der Waals surface area contributed by atoms with Gasteiger partial charge in [0, 0.05) is 12.1 Å². The minimum atomic E-state index is -0.982. The molecule has 2 aromatic carbocycles. The number of hydrogen-bond acceptors (Lipinski definition) is 2. The van der Waals surface area contributed by atoms with Crippen LogP contribution < -0.4 is 5.32 Å². The van der Waals surface area contributed by atoms with Crippen LogP contribution in [0.1, 0.15) is 22.7 Å². The molecule has 0 aliphatic heterocycles. The molecule has 4 heteroatoms. The van der Waals surface area contributed by atoms with Crippen LogP contribution in [0.5, 0.6) is 0 Å². The lowest BCUT2D eigenvalue weighted by Gasteiger charge is -2.15. The fourth-order valence-electron chi connectivity index (χ4n) is 2.04. The molecule has 0 aliphatic carbocycles. The minimum Gasteiger partial charge on any atom is -0.480 e. The molecule has 0 amide bonds. The number of carboxylic acid groups (broad SMARTS) is 1. The molecule has 0 fully saturated rings. The molecule has 104 valence electrons. The van der Waals surface area contributed by atoms with Gasteiger partial charge in [0.15, 0.2) is 0 Å². The highest BCUT2D eigenvalue weighted by Crippen LogP contribution is 2.15. The van der Waals surface area contributed by atoms with E-state index < -0.39 is 12.0 Å². The Morgan fingerprint density at radius 3 is 2.60 bits per heavy atom. The van der Waals surface area contributed by atoms with Crippen LogP contribution in [0, 0.1) is 12.7 Å². The van der Waals surface area contributed by atoms with Crippen LogP contribution in [-0.4, -0.2) is 11.1 Å². The van der Waals surface area contributed by atoms with Crippen LogP contribution in [0.2, 0.25) is 0 Å². The molecule has 2 aromatic rings. The SMILES string of the molecule is Cc1ccc(F)c(CNC(C(=O)O)c2ccccc2)c1. The second-order valence-corrected chi connectivity index (χ2v) is 4.66. The predicted molar refractivity (Wildman–Crippen MR) is 74.8 cm³/mol. The van der Waals surface area contributed by atoms with E-state index in [4.69, 9.17) is 0 Å². The maximum Gasteiger partial charge on any atom is 0.325 e. The van der Waals surface area contributed by atoms with Crippen molar-refractivity contribution in [3.63, 3.8) is 0 Å². The molecular formula is C16H16FNO2. The number of carboxylic acids is 1. The molecular weight excluding hydrogens is 257 g/mol. The third kappa shape index (κ3) is 3.42. The van der Waals surface area contributed by atoms with Gasteiger partial charge in [0.25, 0.3) is 0 Å². The molecule has 0 spiro atoms. The summed E-state index contributed by atoms with van der Waals surface area (Å²) in [6, 6.07) is 12.8. The van der Waals surface area contributed by atoms with Crippen molar-refractivity contribution < 1.29 is 14.3 Å². The first kappa shape index (κ1) is 14.2. The van der Waals surface area contributed by atoms with E-state index in [1.165, 1.54) is 6.07 Å². The molecule has 0 heterocycles. The van der Waals surface area contributed by atoms with Crippen LogP contribution in [0.4, 0.5) is 4.39 Å². The molecule has 0 aromatic heterocycles. The van der Waals surface area contributed by atoms with E-state index in [1.807, 2.05) is 13.0 Å². The van der Waals surface area contributed by atoms with Crippen molar-refractivity contribution in [2.75, 3.05) is 0 Å². The van der Waals surface area contributed by atoms with Crippen LogP contribution in [0.3, 0.4) is 0 Å². The number of carbonyl (C=O) groups is 1. The third-order valence-electron chi connectivity index (χ3n) is 3.08. The van der Waals surface area contributed by atoms with Crippen molar-refractivity contribution in [3.8, 4) is 0 Å². The highest BCUT2D eigenvalue weighted by molar-refractivity contribution is 5.75. The first-order valence-electron chi connectivity index (χ1n) is 6.34. The van der Waals surface area contributed by atoms with E-state index in [-0.39, 0.29) is 12.4 Å². The van der Waals surface area contributed by atoms with Crippen molar-refractivity contribution in [3.05, 3.63) is 71.0 Å². The second kappa shape index (κ2) is 6.30.